The van der Waals surface area contributed by atoms with Crippen LogP contribution in [0.25, 0.3) is 0 Å². The summed E-state index contributed by atoms with van der Waals surface area (Å²) in [6.45, 7) is 10.0. The molecule has 1 atom stereocenters. The van der Waals surface area contributed by atoms with E-state index in [0.29, 0.717) is 24.6 Å². The molecule has 0 saturated carbocycles. The number of nitrogens with zero attached hydrogens (tertiary/aromatic N) is 2. The molecule has 1 unspecified atom stereocenters. The molecule has 0 aromatic carbocycles. The Labute approximate surface area is 126 Å². The fourth-order valence-corrected chi connectivity index (χ4v) is 2.88. The molecular formula is C16H26N4O. The predicted molar refractivity (Wildman–Crippen MR) is 83.3 cm³/mol. The van der Waals surface area contributed by atoms with E-state index in [1.807, 2.05) is 19.9 Å². The average molecular weight is 290 g/mol. The second kappa shape index (κ2) is 6.52. The SMILES string of the molecule is CCc1nnc(C)cc1C(=O)NCC1NCCCC1(C)C. The van der Waals surface area contributed by atoms with Crippen molar-refractivity contribution in [3.05, 3.63) is 23.0 Å². The maximum atomic E-state index is 12.4. The maximum Gasteiger partial charge on any atom is 0.253 e. The summed E-state index contributed by atoms with van der Waals surface area (Å²) in [5.41, 5.74) is 2.40. The standard InChI is InChI=1S/C16H26N4O/c1-5-13-12(9-11(2)19-20-13)15(21)18-10-14-16(3,4)7-6-8-17-14/h9,14,17H,5-8,10H2,1-4H3,(H,18,21). The fourth-order valence-electron chi connectivity index (χ4n) is 2.88. The van der Waals surface area contributed by atoms with Crippen molar-refractivity contribution >= 4 is 5.91 Å². The van der Waals surface area contributed by atoms with Crippen LogP contribution in [-0.4, -0.2) is 35.2 Å². The number of aryl methyl sites for hydroxylation is 2. The smallest absolute Gasteiger partial charge is 0.253 e. The molecule has 1 aliphatic rings. The van der Waals surface area contributed by atoms with Crippen molar-refractivity contribution in [2.75, 3.05) is 13.1 Å². The molecule has 0 spiro atoms. The molecule has 21 heavy (non-hydrogen) atoms. The number of hydrogen-bond acceptors (Lipinski definition) is 4. The van der Waals surface area contributed by atoms with Crippen LogP contribution < -0.4 is 10.6 Å². The van der Waals surface area contributed by atoms with Gasteiger partial charge >= 0.3 is 0 Å². The molecule has 0 radical (unpaired) electrons. The van der Waals surface area contributed by atoms with Gasteiger partial charge in [-0.3, -0.25) is 4.79 Å². The number of nitrogens with one attached hydrogen (secondary N) is 2. The third kappa shape index (κ3) is 3.79. The van der Waals surface area contributed by atoms with Gasteiger partial charge in [-0.05, 0) is 44.2 Å². The topological polar surface area (TPSA) is 66.9 Å². The quantitative estimate of drug-likeness (QED) is 0.888. The minimum absolute atomic E-state index is 0.0481. The molecule has 2 heterocycles. The summed E-state index contributed by atoms with van der Waals surface area (Å²) in [4.78, 5) is 12.4. The van der Waals surface area contributed by atoms with Gasteiger partial charge in [-0.1, -0.05) is 20.8 Å². The van der Waals surface area contributed by atoms with Gasteiger partial charge in [-0.25, -0.2) is 0 Å². The van der Waals surface area contributed by atoms with E-state index in [4.69, 9.17) is 0 Å². The van der Waals surface area contributed by atoms with Crippen LogP contribution in [0.4, 0.5) is 0 Å². The van der Waals surface area contributed by atoms with Crippen molar-refractivity contribution in [2.24, 2.45) is 5.41 Å². The molecule has 0 bridgehead atoms. The van der Waals surface area contributed by atoms with Crippen LogP contribution in [0.2, 0.25) is 0 Å². The molecule has 2 rings (SSSR count). The molecule has 116 valence electrons. The number of carbonyl (C=O) groups is 1. The largest absolute Gasteiger partial charge is 0.350 e. The third-order valence-electron chi connectivity index (χ3n) is 4.37. The first kappa shape index (κ1) is 15.9. The van der Waals surface area contributed by atoms with Gasteiger partial charge in [0.1, 0.15) is 0 Å². The zero-order valence-electron chi connectivity index (χ0n) is 13.5. The Morgan fingerprint density at radius 2 is 2.24 bits per heavy atom. The van der Waals surface area contributed by atoms with Crippen LogP contribution in [0.1, 0.15) is 55.4 Å². The number of hydrogen-bond donors (Lipinski definition) is 2. The fraction of sp³-hybridized carbons (Fsp3) is 0.688. The van der Waals surface area contributed by atoms with Crippen molar-refractivity contribution in [3.8, 4) is 0 Å². The van der Waals surface area contributed by atoms with Crippen molar-refractivity contribution < 1.29 is 4.79 Å². The second-order valence-corrected chi connectivity index (χ2v) is 6.51. The molecule has 2 N–H and O–H groups in total. The highest BCUT2D eigenvalue weighted by Gasteiger charge is 2.32. The van der Waals surface area contributed by atoms with E-state index in [1.54, 1.807) is 0 Å². The van der Waals surface area contributed by atoms with Crippen molar-refractivity contribution in [1.29, 1.82) is 0 Å². The zero-order valence-corrected chi connectivity index (χ0v) is 13.5. The van der Waals surface area contributed by atoms with E-state index >= 15 is 0 Å². The first-order valence-corrected chi connectivity index (χ1v) is 7.79. The number of amides is 1. The average Bonchev–Trinajstić information content (AvgIpc) is 2.45. The molecule has 1 aromatic rings. The lowest BCUT2D eigenvalue weighted by atomic mass is 9.77. The Balaban J connectivity index is 2.03. The van der Waals surface area contributed by atoms with Crippen LogP contribution in [-0.2, 0) is 6.42 Å². The van der Waals surface area contributed by atoms with Crippen molar-refractivity contribution in [2.45, 2.75) is 53.0 Å². The van der Waals surface area contributed by atoms with Gasteiger partial charge in [0.2, 0.25) is 0 Å². The summed E-state index contributed by atoms with van der Waals surface area (Å²) < 4.78 is 0. The Morgan fingerprint density at radius 1 is 1.48 bits per heavy atom. The number of piperidine rings is 1. The minimum Gasteiger partial charge on any atom is -0.350 e. The normalized spacial score (nSPS) is 21.0. The molecule has 5 heteroatoms. The van der Waals surface area contributed by atoms with Gasteiger partial charge in [0.25, 0.3) is 5.91 Å². The summed E-state index contributed by atoms with van der Waals surface area (Å²) in [5.74, 6) is -0.0481. The van der Waals surface area contributed by atoms with Gasteiger partial charge in [-0.2, -0.15) is 10.2 Å². The predicted octanol–water partition coefficient (Wildman–Crippen LogP) is 1.86. The van der Waals surface area contributed by atoms with Gasteiger partial charge in [-0.15, -0.1) is 0 Å². The summed E-state index contributed by atoms with van der Waals surface area (Å²) in [7, 11) is 0. The molecule has 5 nitrogen and oxygen atoms in total. The van der Waals surface area contributed by atoms with E-state index in [0.717, 1.165) is 17.9 Å². The van der Waals surface area contributed by atoms with Crippen LogP contribution in [0.3, 0.4) is 0 Å². The molecule has 1 aromatic heterocycles. The molecule has 1 amide bonds. The van der Waals surface area contributed by atoms with Crippen LogP contribution in [0, 0.1) is 12.3 Å². The Kier molecular flexibility index (Phi) is 4.93. The van der Waals surface area contributed by atoms with Crippen LogP contribution in [0.15, 0.2) is 6.07 Å². The highest BCUT2D eigenvalue weighted by Crippen LogP contribution is 2.29. The van der Waals surface area contributed by atoms with E-state index in [9.17, 15) is 4.79 Å². The van der Waals surface area contributed by atoms with Crippen LogP contribution in [0.5, 0.6) is 0 Å². The molecule has 1 fully saturated rings. The third-order valence-corrected chi connectivity index (χ3v) is 4.37. The Bertz CT molecular complexity index is 513. The van der Waals surface area contributed by atoms with E-state index in [-0.39, 0.29) is 11.3 Å². The van der Waals surface area contributed by atoms with Gasteiger partial charge in [0, 0.05) is 12.6 Å². The molecular weight excluding hydrogens is 264 g/mol. The molecule has 1 aliphatic heterocycles. The number of rotatable bonds is 4. The van der Waals surface area contributed by atoms with Gasteiger partial charge in [0.05, 0.1) is 17.0 Å². The minimum atomic E-state index is -0.0481. The van der Waals surface area contributed by atoms with Crippen LogP contribution >= 0.6 is 0 Å². The summed E-state index contributed by atoms with van der Waals surface area (Å²) >= 11 is 0. The lowest BCUT2D eigenvalue weighted by Crippen LogP contribution is -2.52. The second-order valence-electron chi connectivity index (χ2n) is 6.51. The highest BCUT2D eigenvalue weighted by molar-refractivity contribution is 5.95. The van der Waals surface area contributed by atoms with E-state index in [2.05, 4.69) is 34.7 Å². The monoisotopic (exact) mass is 290 g/mol. The first-order valence-electron chi connectivity index (χ1n) is 7.79. The van der Waals surface area contributed by atoms with E-state index in [1.165, 1.54) is 12.8 Å². The Morgan fingerprint density at radius 3 is 2.90 bits per heavy atom. The molecule has 0 aliphatic carbocycles. The van der Waals surface area contributed by atoms with Crippen molar-refractivity contribution in [1.82, 2.24) is 20.8 Å². The lowest BCUT2D eigenvalue weighted by molar-refractivity contribution is 0.0927. The van der Waals surface area contributed by atoms with Gasteiger partial charge in [0.15, 0.2) is 0 Å². The van der Waals surface area contributed by atoms with Crippen molar-refractivity contribution in [3.63, 3.8) is 0 Å². The van der Waals surface area contributed by atoms with Gasteiger partial charge < -0.3 is 10.6 Å². The zero-order chi connectivity index (χ0) is 15.5. The summed E-state index contributed by atoms with van der Waals surface area (Å²) in [5, 5.41) is 14.7. The summed E-state index contributed by atoms with van der Waals surface area (Å²) in [6, 6.07) is 2.14. The lowest BCUT2D eigenvalue weighted by Gasteiger charge is -2.39. The highest BCUT2D eigenvalue weighted by atomic mass is 16.1. The number of aromatic nitrogens is 2. The Hall–Kier alpha value is -1.49. The first-order chi connectivity index (χ1) is 9.94. The molecule has 1 saturated heterocycles. The maximum absolute atomic E-state index is 12.4. The van der Waals surface area contributed by atoms with E-state index < -0.39 is 0 Å². The number of carbonyl (C=O) groups excluding carboxylic acids is 1. The summed E-state index contributed by atoms with van der Waals surface area (Å²) in [6.07, 6.45) is 3.10.